The quantitative estimate of drug-likeness (QED) is 0.603. The zero-order valence-corrected chi connectivity index (χ0v) is 11.6. The number of thiophene rings is 1. The van der Waals surface area contributed by atoms with Crippen LogP contribution < -0.4 is 4.74 Å². The van der Waals surface area contributed by atoms with E-state index >= 15 is 0 Å². The Morgan fingerprint density at radius 2 is 2.18 bits per heavy atom. The summed E-state index contributed by atoms with van der Waals surface area (Å²) in [5.41, 5.74) is 0. The lowest BCUT2D eigenvalue weighted by Gasteiger charge is -2.05. The van der Waals surface area contributed by atoms with E-state index in [1.807, 2.05) is 13.0 Å². The minimum atomic E-state index is 0.254. The normalized spacial score (nSPS) is 11.0. The molecule has 0 saturated heterocycles. The number of unbranched alkanes of at least 4 members (excludes halogenated alkanes) is 2. The molecule has 0 unspecified atom stereocenters. The van der Waals surface area contributed by atoms with Crippen LogP contribution in [-0.4, -0.2) is 16.6 Å². The highest BCUT2D eigenvalue weighted by Crippen LogP contribution is 2.30. The summed E-state index contributed by atoms with van der Waals surface area (Å²) in [6.07, 6.45) is 3.40. The fourth-order valence-corrected chi connectivity index (χ4v) is 2.70. The Hall–Kier alpha value is -0.870. The lowest BCUT2D eigenvalue weighted by molar-refractivity contribution is 0.298. The van der Waals surface area contributed by atoms with Crippen molar-refractivity contribution < 1.29 is 4.74 Å². The van der Waals surface area contributed by atoms with E-state index in [0.29, 0.717) is 12.5 Å². The molecular formula is C12H15ClN2OS. The standard InChI is InChI=1S/C12H15ClN2OS/c1-3-4-5-6-16-10-9-7-8(2)17-11(9)15-12(13)14-10/h7H,3-6H2,1-2H3. The van der Waals surface area contributed by atoms with Gasteiger partial charge < -0.3 is 4.74 Å². The second kappa shape index (κ2) is 5.65. The van der Waals surface area contributed by atoms with E-state index in [1.165, 1.54) is 17.7 Å². The molecule has 2 heterocycles. The molecule has 0 aliphatic rings. The molecule has 2 rings (SSSR count). The number of hydrogen-bond acceptors (Lipinski definition) is 4. The average Bonchev–Trinajstić information content (AvgIpc) is 2.64. The molecule has 2 aromatic rings. The van der Waals surface area contributed by atoms with Crippen molar-refractivity contribution >= 4 is 33.2 Å². The van der Waals surface area contributed by atoms with Gasteiger partial charge in [-0.3, -0.25) is 0 Å². The van der Waals surface area contributed by atoms with Crippen LogP contribution in [-0.2, 0) is 0 Å². The molecule has 0 radical (unpaired) electrons. The summed E-state index contributed by atoms with van der Waals surface area (Å²) < 4.78 is 5.69. The van der Waals surface area contributed by atoms with Gasteiger partial charge in [-0.1, -0.05) is 19.8 Å². The van der Waals surface area contributed by atoms with Gasteiger partial charge in [0.05, 0.1) is 12.0 Å². The molecule has 0 aliphatic heterocycles. The van der Waals surface area contributed by atoms with Crippen molar-refractivity contribution in [3.8, 4) is 5.88 Å². The van der Waals surface area contributed by atoms with Gasteiger partial charge in [-0.2, -0.15) is 4.98 Å². The van der Waals surface area contributed by atoms with Crippen molar-refractivity contribution in [1.82, 2.24) is 9.97 Å². The summed E-state index contributed by atoms with van der Waals surface area (Å²) in [7, 11) is 0. The van der Waals surface area contributed by atoms with Gasteiger partial charge in [-0.15, -0.1) is 11.3 Å². The first-order valence-corrected chi connectivity index (χ1v) is 6.96. The molecule has 0 fully saturated rings. The minimum absolute atomic E-state index is 0.254. The lowest BCUT2D eigenvalue weighted by atomic mass is 10.3. The van der Waals surface area contributed by atoms with E-state index in [1.54, 1.807) is 11.3 Å². The summed E-state index contributed by atoms with van der Waals surface area (Å²) >= 11 is 7.49. The highest BCUT2D eigenvalue weighted by molar-refractivity contribution is 7.18. The summed E-state index contributed by atoms with van der Waals surface area (Å²) in [5, 5.41) is 1.22. The van der Waals surface area contributed by atoms with Gasteiger partial charge in [0.2, 0.25) is 11.2 Å². The lowest BCUT2D eigenvalue weighted by Crippen LogP contribution is -2.00. The highest BCUT2D eigenvalue weighted by Gasteiger charge is 2.10. The Morgan fingerprint density at radius 3 is 2.94 bits per heavy atom. The molecule has 0 aromatic carbocycles. The van der Waals surface area contributed by atoms with Crippen molar-refractivity contribution in [2.45, 2.75) is 33.1 Å². The number of hydrogen-bond donors (Lipinski definition) is 0. The Morgan fingerprint density at radius 1 is 1.35 bits per heavy atom. The van der Waals surface area contributed by atoms with Gasteiger partial charge in [0.25, 0.3) is 0 Å². The molecule has 92 valence electrons. The fraction of sp³-hybridized carbons (Fsp3) is 0.500. The van der Waals surface area contributed by atoms with Crippen LogP contribution in [0.1, 0.15) is 31.1 Å². The number of nitrogens with zero attached hydrogens (tertiary/aromatic N) is 2. The molecule has 2 aromatic heterocycles. The summed E-state index contributed by atoms with van der Waals surface area (Å²) in [6.45, 7) is 4.90. The van der Waals surface area contributed by atoms with Crippen LogP contribution >= 0.6 is 22.9 Å². The maximum atomic E-state index is 5.88. The molecule has 3 nitrogen and oxygen atoms in total. The van der Waals surface area contributed by atoms with Gasteiger partial charge in [0.1, 0.15) is 4.83 Å². The smallest absolute Gasteiger partial charge is 0.227 e. The van der Waals surface area contributed by atoms with Crippen LogP contribution in [0.4, 0.5) is 0 Å². The molecule has 5 heteroatoms. The Labute approximate surface area is 110 Å². The van der Waals surface area contributed by atoms with Crippen LogP contribution in [0.2, 0.25) is 5.28 Å². The average molecular weight is 271 g/mol. The van der Waals surface area contributed by atoms with Gasteiger partial charge >= 0.3 is 0 Å². The zero-order valence-electron chi connectivity index (χ0n) is 9.99. The molecule has 0 aliphatic carbocycles. The first kappa shape index (κ1) is 12.6. The number of ether oxygens (including phenoxy) is 1. The van der Waals surface area contributed by atoms with E-state index in [2.05, 4.69) is 16.9 Å². The number of rotatable bonds is 5. The molecule has 0 N–H and O–H groups in total. The molecule has 0 saturated carbocycles. The van der Waals surface area contributed by atoms with Crippen LogP contribution in [0, 0.1) is 6.92 Å². The predicted molar refractivity (Wildman–Crippen MR) is 72.2 cm³/mol. The topological polar surface area (TPSA) is 35.0 Å². The Bertz CT molecular complexity index is 512. The van der Waals surface area contributed by atoms with E-state index in [-0.39, 0.29) is 5.28 Å². The largest absolute Gasteiger partial charge is 0.477 e. The number of halogens is 1. The molecule has 0 spiro atoms. The van der Waals surface area contributed by atoms with E-state index in [0.717, 1.165) is 16.6 Å². The number of aromatic nitrogens is 2. The number of aryl methyl sites for hydroxylation is 1. The van der Waals surface area contributed by atoms with Gasteiger partial charge in [0, 0.05) is 4.88 Å². The van der Waals surface area contributed by atoms with Crippen molar-refractivity contribution in [3.05, 3.63) is 16.2 Å². The minimum Gasteiger partial charge on any atom is -0.477 e. The first-order valence-electron chi connectivity index (χ1n) is 5.77. The third-order valence-electron chi connectivity index (χ3n) is 2.44. The molecule has 0 amide bonds. The second-order valence-electron chi connectivity index (χ2n) is 3.93. The second-order valence-corrected chi connectivity index (χ2v) is 5.50. The Kier molecular flexibility index (Phi) is 4.18. The van der Waals surface area contributed by atoms with E-state index < -0.39 is 0 Å². The van der Waals surface area contributed by atoms with Crippen molar-refractivity contribution in [2.24, 2.45) is 0 Å². The Balaban J connectivity index is 2.19. The van der Waals surface area contributed by atoms with Crippen molar-refractivity contribution in [1.29, 1.82) is 0 Å². The fourth-order valence-electron chi connectivity index (χ4n) is 1.62. The third-order valence-corrected chi connectivity index (χ3v) is 3.55. The van der Waals surface area contributed by atoms with Crippen molar-refractivity contribution in [2.75, 3.05) is 6.61 Å². The van der Waals surface area contributed by atoms with E-state index in [4.69, 9.17) is 16.3 Å². The van der Waals surface area contributed by atoms with Crippen LogP contribution in [0.25, 0.3) is 10.2 Å². The molecule has 0 bridgehead atoms. The predicted octanol–water partition coefficient (Wildman–Crippen LogP) is 4.22. The first-order chi connectivity index (χ1) is 8.20. The maximum absolute atomic E-state index is 5.88. The number of fused-ring (bicyclic) bond motifs is 1. The van der Waals surface area contributed by atoms with Gasteiger partial charge in [0.15, 0.2) is 0 Å². The zero-order chi connectivity index (χ0) is 12.3. The van der Waals surface area contributed by atoms with Crippen LogP contribution in [0.3, 0.4) is 0 Å². The molecule has 0 atom stereocenters. The summed E-state index contributed by atoms with van der Waals surface area (Å²) in [5.74, 6) is 0.612. The summed E-state index contributed by atoms with van der Waals surface area (Å²) in [4.78, 5) is 10.4. The van der Waals surface area contributed by atoms with Gasteiger partial charge in [-0.25, -0.2) is 4.98 Å². The van der Waals surface area contributed by atoms with E-state index in [9.17, 15) is 0 Å². The highest BCUT2D eigenvalue weighted by atomic mass is 35.5. The SMILES string of the molecule is CCCCCOc1nc(Cl)nc2sc(C)cc12. The third kappa shape index (κ3) is 3.07. The van der Waals surface area contributed by atoms with Crippen LogP contribution in [0.15, 0.2) is 6.07 Å². The molecule has 17 heavy (non-hydrogen) atoms. The monoisotopic (exact) mass is 270 g/mol. The van der Waals surface area contributed by atoms with Gasteiger partial charge in [-0.05, 0) is 31.0 Å². The maximum Gasteiger partial charge on any atom is 0.227 e. The van der Waals surface area contributed by atoms with Crippen LogP contribution in [0.5, 0.6) is 5.88 Å². The van der Waals surface area contributed by atoms with Crippen molar-refractivity contribution in [3.63, 3.8) is 0 Å². The molecular weight excluding hydrogens is 256 g/mol. The summed E-state index contributed by atoms with van der Waals surface area (Å²) in [6, 6.07) is 2.05.